The molecule has 0 fully saturated rings. The minimum absolute atomic E-state index is 0.0797. The monoisotopic (exact) mass is 244 g/mol. The predicted octanol–water partition coefficient (Wildman–Crippen LogP) is 2.96. The van der Waals surface area contributed by atoms with Crippen molar-refractivity contribution in [2.75, 3.05) is 0 Å². The van der Waals surface area contributed by atoms with Gasteiger partial charge in [-0.1, -0.05) is 26.8 Å². The van der Waals surface area contributed by atoms with E-state index < -0.39 is 5.97 Å². The van der Waals surface area contributed by atoms with Crippen LogP contribution in [0.1, 0.15) is 32.2 Å². The largest absolute Gasteiger partial charge is 0.478 e. The third-order valence-electron chi connectivity index (χ3n) is 2.75. The second-order valence-electron chi connectivity index (χ2n) is 5.28. The van der Waals surface area contributed by atoms with Crippen molar-refractivity contribution >= 4 is 23.1 Å². The SMILES string of the molecule is CC(C)(C)c1ccc2nc(/C=C/C(=O)O)[nH]c2c1. The summed E-state index contributed by atoms with van der Waals surface area (Å²) in [4.78, 5) is 17.8. The third kappa shape index (κ3) is 2.59. The molecule has 2 N–H and O–H groups in total. The predicted molar refractivity (Wildman–Crippen MR) is 71.5 cm³/mol. The summed E-state index contributed by atoms with van der Waals surface area (Å²) in [6.07, 6.45) is 2.53. The summed E-state index contributed by atoms with van der Waals surface area (Å²) in [5.41, 5.74) is 3.06. The van der Waals surface area contributed by atoms with Crippen molar-refractivity contribution < 1.29 is 9.90 Å². The summed E-state index contributed by atoms with van der Waals surface area (Å²) in [5, 5.41) is 8.57. The van der Waals surface area contributed by atoms with Crippen LogP contribution in [0.2, 0.25) is 0 Å². The van der Waals surface area contributed by atoms with E-state index in [0.29, 0.717) is 5.82 Å². The maximum Gasteiger partial charge on any atom is 0.328 e. The second kappa shape index (κ2) is 4.29. The van der Waals surface area contributed by atoms with Crippen molar-refractivity contribution in [2.45, 2.75) is 26.2 Å². The molecule has 0 unspecified atom stereocenters. The summed E-state index contributed by atoms with van der Waals surface area (Å²) in [7, 11) is 0. The number of aromatic nitrogens is 2. The van der Waals surface area contributed by atoms with Gasteiger partial charge in [-0.05, 0) is 29.2 Å². The Morgan fingerprint density at radius 1 is 1.39 bits per heavy atom. The maximum atomic E-state index is 10.4. The lowest BCUT2D eigenvalue weighted by atomic mass is 9.87. The highest BCUT2D eigenvalue weighted by atomic mass is 16.4. The number of carbonyl (C=O) groups is 1. The fraction of sp³-hybridized carbons (Fsp3) is 0.286. The second-order valence-corrected chi connectivity index (χ2v) is 5.28. The first-order valence-electron chi connectivity index (χ1n) is 5.77. The van der Waals surface area contributed by atoms with Crippen LogP contribution in [-0.4, -0.2) is 21.0 Å². The van der Waals surface area contributed by atoms with Gasteiger partial charge < -0.3 is 10.1 Å². The minimum Gasteiger partial charge on any atom is -0.478 e. The Bertz CT molecular complexity index is 618. The van der Waals surface area contributed by atoms with Gasteiger partial charge in [0.2, 0.25) is 0 Å². The van der Waals surface area contributed by atoms with Crippen LogP contribution in [0.15, 0.2) is 24.3 Å². The zero-order chi connectivity index (χ0) is 13.3. The summed E-state index contributed by atoms with van der Waals surface area (Å²) in [5.74, 6) is -0.427. The molecule has 0 aliphatic carbocycles. The van der Waals surface area contributed by atoms with Crippen LogP contribution < -0.4 is 0 Å². The molecule has 0 saturated carbocycles. The molecular formula is C14H16N2O2. The number of imidazole rings is 1. The van der Waals surface area contributed by atoms with Crippen LogP contribution in [0, 0.1) is 0 Å². The zero-order valence-electron chi connectivity index (χ0n) is 10.7. The zero-order valence-corrected chi connectivity index (χ0v) is 10.7. The van der Waals surface area contributed by atoms with Crippen LogP contribution in [-0.2, 0) is 10.2 Å². The van der Waals surface area contributed by atoms with Crippen LogP contribution in [0.25, 0.3) is 17.1 Å². The first-order chi connectivity index (χ1) is 8.36. The first kappa shape index (κ1) is 12.4. The van der Waals surface area contributed by atoms with E-state index in [4.69, 9.17) is 5.11 Å². The number of aliphatic carboxylic acids is 1. The quantitative estimate of drug-likeness (QED) is 0.798. The lowest BCUT2D eigenvalue weighted by Gasteiger charge is -2.18. The van der Waals surface area contributed by atoms with E-state index in [-0.39, 0.29) is 5.41 Å². The molecule has 18 heavy (non-hydrogen) atoms. The number of hydrogen-bond donors (Lipinski definition) is 2. The fourth-order valence-electron chi connectivity index (χ4n) is 1.73. The topological polar surface area (TPSA) is 66.0 Å². The third-order valence-corrected chi connectivity index (χ3v) is 2.75. The highest BCUT2D eigenvalue weighted by molar-refractivity contribution is 5.86. The average Bonchev–Trinajstić information content (AvgIpc) is 2.66. The molecule has 1 aromatic heterocycles. The van der Waals surface area contributed by atoms with Crippen LogP contribution >= 0.6 is 0 Å². The number of nitrogens with zero attached hydrogens (tertiary/aromatic N) is 1. The van der Waals surface area contributed by atoms with E-state index in [1.54, 1.807) is 0 Å². The van der Waals surface area contributed by atoms with Crippen molar-refractivity contribution in [3.63, 3.8) is 0 Å². The molecule has 2 aromatic rings. The Kier molecular flexibility index (Phi) is 2.95. The molecule has 4 heteroatoms. The molecule has 4 nitrogen and oxygen atoms in total. The summed E-state index contributed by atoms with van der Waals surface area (Å²) in [6, 6.07) is 6.05. The van der Waals surface area contributed by atoms with Gasteiger partial charge in [0.25, 0.3) is 0 Å². The first-order valence-corrected chi connectivity index (χ1v) is 5.77. The number of carboxylic acids is 1. The van der Waals surface area contributed by atoms with E-state index in [1.807, 2.05) is 12.1 Å². The molecule has 0 atom stereocenters. The van der Waals surface area contributed by atoms with E-state index in [0.717, 1.165) is 17.1 Å². The normalized spacial score (nSPS) is 12.4. The Hall–Kier alpha value is -2.10. The van der Waals surface area contributed by atoms with Gasteiger partial charge in [-0.15, -0.1) is 0 Å². The molecular weight excluding hydrogens is 228 g/mol. The summed E-state index contributed by atoms with van der Waals surface area (Å²) >= 11 is 0. The maximum absolute atomic E-state index is 10.4. The van der Waals surface area contributed by atoms with Gasteiger partial charge in [-0.2, -0.15) is 0 Å². The van der Waals surface area contributed by atoms with Gasteiger partial charge in [-0.3, -0.25) is 0 Å². The van der Waals surface area contributed by atoms with Crippen LogP contribution in [0.4, 0.5) is 0 Å². The van der Waals surface area contributed by atoms with Crippen molar-refractivity contribution in [3.8, 4) is 0 Å². The number of rotatable bonds is 2. The number of nitrogens with one attached hydrogen (secondary N) is 1. The van der Waals surface area contributed by atoms with Crippen molar-refractivity contribution in [1.82, 2.24) is 9.97 Å². The molecule has 0 spiro atoms. The molecule has 0 radical (unpaired) electrons. The molecule has 0 amide bonds. The van der Waals surface area contributed by atoms with Gasteiger partial charge >= 0.3 is 5.97 Å². The molecule has 0 saturated heterocycles. The van der Waals surface area contributed by atoms with E-state index in [1.165, 1.54) is 11.6 Å². The number of H-pyrrole nitrogens is 1. The number of hydrogen-bond acceptors (Lipinski definition) is 2. The van der Waals surface area contributed by atoms with Gasteiger partial charge in [0, 0.05) is 6.08 Å². The number of aromatic amines is 1. The summed E-state index contributed by atoms with van der Waals surface area (Å²) in [6.45, 7) is 6.45. The van der Waals surface area contributed by atoms with Gasteiger partial charge in [0.05, 0.1) is 11.0 Å². The molecule has 94 valence electrons. The average molecular weight is 244 g/mol. The van der Waals surface area contributed by atoms with Crippen molar-refractivity contribution in [1.29, 1.82) is 0 Å². The van der Waals surface area contributed by atoms with E-state index >= 15 is 0 Å². The lowest BCUT2D eigenvalue weighted by molar-refractivity contribution is -0.131. The number of fused-ring (bicyclic) bond motifs is 1. The van der Waals surface area contributed by atoms with Crippen LogP contribution in [0.3, 0.4) is 0 Å². The highest BCUT2D eigenvalue weighted by Crippen LogP contribution is 2.25. The molecule has 0 bridgehead atoms. The molecule has 1 heterocycles. The van der Waals surface area contributed by atoms with Crippen molar-refractivity contribution in [3.05, 3.63) is 35.7 Å². The van der Waals surface area contributed by atoms with Gasteiger partial charge in [0.1, 0.15) is 5.82 Å². The van der Waals surface area contributed by atoms with Crippen LogP contribution in [0.5, 0.6) is 0 Å². The Morgan fingerprint density at radius 3 is 2.72 bits per heavy atom. The minimum atomic E-state index is -0.981. The van der Waals surface area contributed by atoms with Gasteiger partial charge in [-0.25, -0.2) is 9.78 Å². The molecule has 0 aliphatic rings. The van der Waals surface area contributed by atoms with Crippen molar-refractivity contribution in [2.24, 2.45) is 0 Å². The number of benzene rings is 1. The van der Waals surface area contributed by atoms with E-state index in [9.17, 15) is 4.79 Å². The lowest BCUT2D eigenvalue weighted by Crippen LogP contribution is -2.10. The standard InChI is InChI=1S/C14H16N2O2/c1-14(2,3)9-4-5-10-11(8-9)16-12(15-10)6-7-13(17)18/h4-8H,1-3H3,(H,15,16)(H,17,18)/b7-6+. The fourth-order valence-corrected chi connectivity index (χ4v) is 1.73. The summed E-state index contributed by atoms with van der Waals surface area (Å²) < 4.78 is 0. The smallest absolute Gasteiger partial charge is 0.328 e. The Balaban J connectivity index is 2.43. The number of carboxylic acid groups (broad SMARTS) is 1. The molecule has 0 aliphatic heterocycles. The van der Waals surface area contributed by atoms with E-state index in [2.05, 4.69) is 36.8 Å². The molecule has 2 rings (SSSR count). The van der Waals surface area contributed by atoms with Gasteiger partial charge in [0.15, 0.2) is 0 Å². The highest BCUT2D eigenvalue weighted by Gasteiger charge is 2.14. The Morgan fingerprint density at radius 2 is 2.11 bits per heavy atom. The Labute approximate surface area is 105 Å². The molecule has 1 aromatic carbocycles.